The summed E-state index contributed by atoms with van der Waals surface area (Å²) in [6.45, 7) is 19.4. The number of likely N-dealkylation sites (tertiary alicyclic amines) is 2. The van der Waals surface area contributed by atoms with Gasteiger partial charge in [0.25, 0.3) is 5.92 Å². The number of hydrogen-bond donors (Lipinski definition) is 0. The molecule has 0 N–H and O–H groups in total. The van der Waals surface area contributed by atoms with E-state index in [1.807, 2.05) is 13.8 Å². The van der Waals surface area contributed by atoms with Crippen molar-refractivity contribution in [2.24, 2.45) is 28.1 Å². The van der Waals surface area contributed by atoms with Crippen molar-refractivity contribution in [3.8, 4) is 0 Å². The summed E-state index contributed by atoms with van der Waals surface area (Å²) in [5.41, 5.74) is 1.06. The number of hydrogen-bond acceptors (Lipinski definition) is 2. The Morgan fingerprint density at radius 1 is 0.778 bits per heavy atom. The van der Waals surface area contributed by atoms with Crippen molar-refractivity contribution < 1.29 is 22.0 Å². The van der Waals surface area contributed by atoms with Gasteiger partial charge in [0.05, 0.1) is 6.54 Å². The molecule has 4 aliphatic rings. The van der Waals surface area contributed by atoms with E-state index in [0.717, 1.165) is 18.8 Å². The quantitative estimate of drug-likeness (QED) is 0.340. The van der Waals surface area contributed by atoms with Crippen LogP contribution in [0.3, 0.4) is 0 Å². The second-order valence-corrected chi connectivity index (χ2v) is 13.4. The van der Waals surface area contributed by atoms with E-state index in [9.17, 15) is 22.0 Å². The molecule has 2 saturated heterocycles. The first-order chi connectivity index (χ1) is 16.5. The Hall–Kier alpha value is -0.430. The third-order valence-corrected chi connectivity index (χ3v) is 10.0. The average molecular weight is 525 g/mol. The van der Waals surface area contributed by atoms with E-state index in [4.69, 9.17) is 0 Å². The van der Waals surface area contributed by atoms with Crippen LogP contribution in [0.1, 0.15) is 107 Å². The van der Waals surface area contributed by atoms with Gasteiger partial charge in [-0.3, -0.25) is 9.80 Å². The van der Waals surface area contributed by atoms with E-state index < -0.39 is 18.6 Å². The van der Waals surface area contributed by atoms with Crippen LogP contribution in [0, 0.1) is 28.1 Å². The van der Waals surface area contributed by atoms with Gasteiger partial charge in [0.1, 0.15) is 0 Å². The molecule has 0 bridgehead atoms. The summed E-state index contributed by atoms with van der Waals surface area (Å²) in [7, 11) is 0. The van der Waals surface area contributed by atoms with E-state index in [1.165, 1.54) is 30.6 Å². The summed E-state index contributed by atoms with van der Waals surface area (Å²) in [6.07, 6.45) is 3.19. The predicted octanol–water partition coefficient (Wildman–Crippen LogP) is 8.66. The minimum absolute atomic E-state index is 0.0605. The third-order valence-electron chi connectivity index (χ3n) is 10.0. The van der Waals surface area contributed by atoms with Crippen molar-refractivity contribution in [2.45, 2.75) is 125 Å². The summed E-state index contributed by atoms with van der Waals surface area (Å²) in [5.74, 6) is -1.05. The van der Waals surface area contributed by atoms with Gasteiger partial charge in [0, 0.05) is 45.1 Å². The van der Waals surface area contributed by atoms with Gasteiger partial charge in [-0.05, 0) is 66.6 Å². The molecule has 2 heterocycles. The maximum Gasteiger partial charge on any atom is 0.401 e. The Morgan fingerprint density at radius 2 is 1.22 bits per heavy atom. The summed E-state index contributed by atoms with van der Waals surface area (Å²) in [6, 6.07) is 0.563. The summed E-state index contributed by atoms with van der Waals surface area (Å²) in [4.78, 5) is 3.84. The summed E-state index contributed by atoms with van der Waals surface area (Å²) < 4.78 is 62.7. The van der Waals surface area contributed by atoms with Crippen LogP contribution in [0.4, 0.5) is 22.0 Å². The molecular weight excluding hydrogens is 471 g/mol. The molecule has 0 aromatic heterocycles. The lowest BCUT2D eigenvalue weighted by Gasteiger charge is -2.65. The third kappa shape index (κ3) is 8.04. The number of halogens is 5. The van der Waals surface area contributed by atoms with Gasteiger partial charge < -0.3 is 0 Å². The van der Waals surface area contributed by atoms with E-state index in [2.05, 4.69) is 46.4 Å². The molecule has 4 fully saturated rings. The molecule has 0 aromatic rings. The maximum atomic E-state index is 13.1. The zero-order valence-electron chi connectivity index (χ0n) is 24.2. The minimum Gasteiger partial charge on any atom is -0.300 e. The lowest BCUT2D eigenvalue weighted by molar-refractivity contribution is -0.204. The van der Waals surface area contributed by atoms with Gasteiger partial charge in [-0.25, -0.2) is 8.78 Å². The summed E-state index contributed by atoms with van der Waals surface area (Å²) >= 11 is 0. The van der Waals surface area contributed by atoms with Crippen molar-refractivity contribution >= 4 is 0 Å². The molecule has 0 unspecified atom stereocenters. The predicted molar refractivity (Wildman–Crippen MR) is 139 cm³/mol. The first kappa shape index (κ1) is 31.8. The number of piperidine rings is 1. The molecule has 36 heavy (non-hydrogen) atoms. The van der Waals surface area contributed by atoms with Gasteiger partial charge in [-0.2, -0.15) is 13.2 Å². The van der Waals surface area contributed by atoms with Crippen LogP contribution in [-0.4, -0.2) is 60.7 Å². The van der Waals surface area contributed by atoms with Crippen molar-refractivity contribution in [3.63, 3.8) is 0 Å². The van der Waals surface area contributed by atoms with Crippen LogP contribution in [0.15, 0.2) is 0 Å². The molecule has 0 atom stereocenters. The van der Waals surface area contributed by atoms with Crippen molar-refractivity contribution in [2.75, 3.05) is 32.7 Å². The number of alkyl halides is 5. The highest BCUT2D eigenvalue weighted by atomic mass is 19.4. The molecule has 0 radical (unpaired) electrons. The van der Waals surface area contributed by atoms with Gasteiger partial charge in [0.15, 0.2) is 0 Å². The molecule has 4 rings (SSSR count). The average Bonchev–Trinajstić information content (AvgIpc) is 2.73. The van der Waals surface area contributed by atoms with Crippen molar-refractivity contribution in [1.82, 2.24) is 9.80 Å². The topological polar surface area (TPSA) is 6.48 Å². The highest BCUT2D eigenvalue weighted by Gasteiger charge is 2.59. The first-order valence-electron chi connectivity index (χ1n) is 14.4. The van der Waals surface area contributed by atoms with Crippen LogP contribution in [0.25, 0.3) is 0 Å². The monoisotopic (exact) mass is 524 g/mol. The first-order valence-corrected chi connectivity index (χ1v) is 14.4. The summed E-state index contributed by atoms with van der Waals surface area (Å²) in [5, 5.41) is 0. The van der Waals surface area contributed by atoms with E-state index in [1.54, 1.807) is 0 Å². The molecule has 2 saturated carbocycles. The van der Waals surface area contributed by atoms with Gasteiger partial charge in [0.2, 0.25) is 0 Å². The molecule has 1 spiro atoms. The molecular formula is C29H53F5N2. The maximum absolute atomic E-state index is 13.1. The SMILES string of the molecule is CC.CC(C)C1(C)CC2(CN(CC(F)(F)F)C2)C1.CC(C)C1(C)CCC(N2CCC(F)(F)CC2)CC1. The zero-order chi connectivity index (χ0) is 27.6. The van der Waals surface area contributed by atoms with Crippen LogP contribution in [0.5, 0.6) is 0 Å². The molecule has 2 aliphatic carbocycles. The molecule has 2 aliphatic heterocycles. The van der Waals surface area contributed by atoms with Gasteiger partial charge in [-0.1, -0.05) is 55.4 Å². The molecule has 2 nitrogen and oxygen atoms in total. The second-order valence-electron chi connectivity index (χ2n) is 13.4. The van der Waals surface area contributed by atoms with E-state index in [0.29, 0.717) is 49.0 Å². The Bertz CT molecular complexity index is 656. The smallest absolute Gasteiger partial charge is 0.300 e. The lowest BCUT2D eigenvalue weighted by Crippen LogP contribution is -2.66. The molecule has 0 aromatic carbocycles. The van der Waals surface area contributed by atoms with Crippen LogP contribution >= 0.6 is 0 Å². The van der Waals surface area contributed by atoms with Crippen LogP contribution in [-0.2, 0) is 0 Å². The normalized spacial score (nSPS) is 31.6. The van der Waals surface area contributed by atoms with Crippen LogP contribution in [0.2, 0.25) is 0 Å². The fourth-order valence-corrected chi connectivity index (χ4v) is 6.98. The number of nitrogens with zero attached hydrogens (tertiary/aromatic N) is 2. The lowest BCUT2D eigenvalue weighted by atomic mass is 9.47. The Labute approximate surface area is 217 Å². The van der Waals surface area contributed by atoms with Gasteiger partial charge >= 0.3 is 6.18 Å². The second kappa shape index (κ2) is 11.8. The number of rotatable bonds is 4. The standard InChI is InChI=1S/C15H27F2N.C12H20F3N.C2H6/c1-12(2)14(3)6-4-13(5-7-14)18-10-8-15(16,17)9-11-18;1-9(2)10(3)4-11(5-10)6-16(7-11)8-12(13,14)15;1-2/h12-13H,4-11H2,1-3H3;9H,4-8H2,1-3H3;1-2H3. The zero-order valence-corrected chi connectivity index (χ0v) is 24.2. The van der Waals surface area contributed by atoms with Crippen molar-refractivity contribution in [1.29, 1.82) is 0 Å². The molecule has 214 valence electrons. The minimum atomic E-state index is -4.04. The van der Waals surface area contributed by atoms with Gasteiger partial charge in [-0.15, -0.1) is 0 Å². The Morgan fingerprint density at radius 3 is 1.61 bits per heavy atom. The largest absolute Gasteiger partial charge is 0.401 e. The fourth-order valence-electron chi connectivity index (χ4n) is 6.98. The van der Waals surface area contributed by atoms with E-state index in [-0.39, 0.29) is 18.3 Å². The molecule has 7 heteroatoms. The van der Waals surface area contributed by atoms with Crippen molar-refractivity contribution in [3.05, 3.63) is 0 Å². The highest BCUT2D eigenvalue weighted by molar-refractivity contribution is 5.10. The molecule has 0 amide bonds. The Kier molecular flexibility index (Phi) is 10.4. The highest BCUT2D eigenvalue weighted by Crippen LogP contribution is 2.61. The fraction of sp³-hybridized carbons (Fsp3) is 1.00. The van der Waals surface area contributed by atoms with Crippen LogP contribution < -0.4 is 0 Å². The van der Waals surface area contributed by atoms with E-state index >= 15 is 0 Å². The Balaban J connectivity index is 0.000000239.